The van der Waals surface area contributed by atoms with Gasteiger partial charge in [0.15, 0.2) is 0 Å². The number of nitrogens with zero attached hydrogens (tertiary/aromatic N) is 7. The number of amides is 6. The number of carbonyl (C=O) groups excluding carboxylic acids is 4. The van der Waals surface area contributed by atoms with Crippen molar-refractivity contribution >= 4 is 35.3 Å². The van der Waals surface area contributed by atoms with Crippen LogP contribution < -0.4 is 20.4 Å². The third kappa shape index (κ3) is 9.12. The molecule has 2 N–H and O–H groups in total. The van der Waals surface area contributed by atoms with E-state index >= 15 is 0 Å². The molecular formula is C54H44F6N9O4+. The van der Waals surface area contributed by atoms with Crippen LogP contribution in [0.4, 0.5) is 47.3 Å². The number of fused-ring (bicyclic) bond motifs is 1. The van der Waals surface area contributed by atoms with Crippen LogP contribution in [0.5, 0.6) is 0 Å². The van der Waals surface area contributed by atoms with Gasteiger partial charge in [0.1, 0.15) is 13.1 Å². The monoisotopic (exact) mass is 996 g/mol. The smallest absolute Gasteiger partial charge is 0.333 e. The Balaban J connectivity index is 0.883. The van der Waals surface area contributed by atoms with Crippen molar-refractivity contribution in [1.82, 2.24) is 20.4 Å². The number of hydrogen-bond acceptors (Lipinski definition) is 6. The first-order valence-electron chi connectivity index (χ1n) is 23.5. The van der Waals surface area contributed by atoms with E-state index in [9.17, 15) is 56.0 Å². The second kappa shape index (κ2) is 18.6. The average molecular weight is 997 g/mol. The SMILES string of the molecule is N#Cc1ccc([C@H]2NC(=O)N(c3cccc(C(F)(F)F)c3)C3=C2C(=O)N(CCC[N+]2(CCCN4CC5=C(C4=O)[C@@H](c4ccc(C#N)cc4)NC(=O)N5c4cccc(C(F)(F)F)c4)Cc4ccccc4C2)C3)cc1. The van der Waals surface area contributed by atoms with Crippen LogP contribution in [0.2, 0.25) is 0 Å². The molecule has 5 heterocycles. The summed E-state index contributed by atoms with van der Waals surface area (Å²) in [4.78, 5) is 62.4. The summed E-state index contributed by atoms with van der Waals surface area (Å²) < 4.78 is 84.1. The third-order valence-corrected chi connectivity index (χ3v) is 14.3. The first-order valence-corrected chi connectivity index (χ1v) is 23.5. The molecule has 0 spiro atoms. The Bertz CT molecular complexity index is 3020. The normalized spacial score (nSPS) is 19.4. The van der Waals surface area contributed by atoms with Crippen LogP contribution in [0.1, 0.15) is 69.4 Å². The van der Waals surface area contributed by atoms with Gasteiger partial charge in [0.05, 0.1) is 107 Å². The zero-order valence-corrected chi connectivity index (χ0v) is 38.8. The van der Waals surface area contributed by atoms with Crippen molar-refractivity contribution in [3.63, 3.8) is 0 Å². The quantitative estimate of drug-likeness (QED) is 0.0940. The fraction of sp³-hybridized carbons (Fsp3) is 0.259. The van der Waals surface area contributed by atoms with Crippen molar-refractivity contribution in [2.45, 2.75) is 50.4 Å². The summed E-state index contributed by atoms with van der Waals surface area (Å²) in [6.07, 6.45) is -8.42. The minimum atomic E-state index is -4.69. The zero-order valence-electron chi connectivity index (χ0n) is 38.8. The van der Waals surface area contributed by atoms with Crippen LogP contribution in [0.3, 0.4) is 0 Å². The first-order chi connectivity index (χ1) is 34.9. The van der Waals surface area contributed by atoms with E-state index in [1.165, 1.54) is 24.3 Å². The lowest BCUT2D eigenvalue weighted by molar-refractivity contribution is -0.947. The highest BCUT2D eigenvalue weighted by Crippen LogP contribution is 2.43. The molecule has 0 fully saturated rings. The Morgan fingerprint density at radius 3 is 1.32 bits per heavy atom. The predicted molar refractivity (Wildman–Crippen MR) is 253 cm³/mol. The summed E-state index contributed by atoms with van der Waals surface area (Å²) in [5.74, 6) is -0.791. The van der Waals surface area contributed by atoms with Gasteiger partial charge in [0.2, 0.25) is 0 Å². The highest BCUT2D eigenvalue weighted by molar-refractivity contribution is 6.08. The summed E-state index contributed by atoms with van der Waals surface area (Å²) >= 11 is 0. The van der Waals surface area contributed by atoms with Gasteiger partial charge in [-0.1, -0.05) is 60.7 Å². The van der Waals surface area contributed by atoms with Gasteiger partial charge in [0, 0.05) is 37.1 Å². The molecule has 10 rings (SSSR count). The number of benzene rings is 5. The fourth-order valence-corrected chi connectivity index (χ4v) is 10.8. The number of rotatable bonds is 12. The maximum Gasteiger partial charge on any atom is 0.416 e. The van der Waals surface area contributed by atoms with Crippen LogP contribution in [0, 0.1) is 22.7 Å². The predicted octanol–water partition coefficient (Wildman–Crippen LogP) is 9.21. The molecule has 5 aliphatic heterocycles. The number of hydrogen-bond donors (Lipinski definition) is 2. The minimum absolute atomic E-state index is 0.0576. The molecule has 0 saturated carbocycles. The topological polar surface area (TPSA) is 153 Å². The Morgan fingerprint density at radius 1 is 0.548 bits per heavy atom. The summed E-state index contributed by atoms with van der Waals surface area (Å²) in [5.41, 5.74) is 2.89. The number of nitrogens with one attached hydrogen (secondary N) is 2. The lowest BCUT2D eigenvalue weighted by Crippen LogP contribution is -2.47. The number of urea groups is 2. The van der Waals surface area contributed by atoms with Crippen LogP contribution >= 0.6 is 0 Å². The van der Waals surface area contributed by atoms with Crippen LogP contribution in [-0.4, -0.2) is 77.4 Å². The molecule has 13 nitrogen and oxygen atoms in total. The van der Waals surface area contributed by atoms with Gasteiger partial charge in [-0.15, -0.1) is 0 Å². The number of quaternary nitrogens is 1. The van der Waals surface area contributed by atoms with Gasteiger partial charge in [0.25, 0.3) is 11.8 Å². The van der Waals surface area contributed by atoms with Gasteiger partial charge in [-0.05, 0) is 71.8 Å². The Labute approximate surface area is 415 Å². The number of alkyl halides is 6. The standard InChI is InChI=1S/C54H43F6N9O4/c55-53(56,57)39-9-3-11-41(25-39)67-43-29-65(49(70)45(43)47(63-51(67)72)35-17-13-33(27-61)14-18-35)21-5-23-69(31-37-7-1-2-8-38(37)32-69)24-6-22-66-30-44-46(50(66)71)48(36-19-15-34(28-62)16-20-36)64-52(73)68(44)42-12-4-10-40(26-42)54(58,59)60/h1-4,7-20,25-26,47-48H,5-6,21-24,29-32H2,(H-,63,64,72,73)/p+1/t47-,48-/m1/s1. The van der Waals surface area contributed by atoms with Crippen molar-refractivity contribution in [2.75, 3.05) is 49.1 Å². The molecule has 6 amide bonds. The molecule has 0 radical (unpaired) electrons. The maximum atomic E-state index is 14.6. The largest absolute Gasteiger partial charge is 0.416 e. The zero-order chi connectivity index (χ0) is 51.4. The van der Waals surface area contributed by atoms with Gasteiger partial charge >= 0.3 is 24.4 Å². The summed E-state index contributed by atoms with van der Waals surface area (Å²) in [7, 11) is 0. The van der Waals surface area contributed by atoms with E-state index in [4.69, 9.17) is 0 Å². The molecule has 5 aliphatic rings. The molecule has 0 aliphatic carbocycles. The van der Waals surface area contributed by atoms with Gasteiger partial charge in [-0.2, -0.15) is 36.9 Å². The average Bonchev–Trinajstić information content (AvgIpc) is 4.02. The first kappa shape index (κ1) is 48.2. The lowest BCUT2D eigenvalue weighted by atomic mass is 9.94. The summed E-state index contributed by atoms with van der Waals surface area (Å²) in [6.45, 7) is 2.79. The molecule has 2 atom stereocenters. The fourth-order valence-electron chi connectivity index (χ4n) is 10.8. The number of halogens is 6. The Hall–Kier alpha value is -8.42. The molecule has 370 valence electrons. The molecule has 0 aromatic heterocycles. The third-order valence-electron chi connectivity index (χ3n) is 14.3. The lowest BCUT2D eigenvalue weighted by Gasteiger charge is -2.35. The molecule has 0 saturated heterocycles. The van der Waals surface area contributed by atoms with Crippen LogP contribution in [-0.2, 0) is 35.0 Å². The number of nitriles is 2. The van der Waals surface area contributed by atoms with E-state index in [1.807, 2.05) is 24.3 Å². The molecule has 19 heteroatoms. The van der Waals surface area contributed by atoms with Crippen LogP contribution in [0.25, 0.3) is 0 Å². The Kier molecular flexibility index (Phi) is 12.3. The summed E-state index contributed by atoms with van der Waals surface area (Å²) in [5, 5.41) is 24.5. The van der Waals surface area contributed by atoms with E-state index in [0.717, 1.165) is 45.2 Å². The highest BCUT2D eigenvalue weighted by Gasteiger charge is 2.48. The molecule has 73 heavy (non-hydrogen) atoms. The van der Waals surface area contributed by atoms with E-state index in [0.29, 0.717) is 65.8 Å². The summed E-state index contributed by atoms with van der Waals surface area (Å²) in [6, 6.07) is 30.3. The Morgan fingerprint density at radius 2 is 0.945 bits per heavy atom. The molecule has 5 aromatic carbocycles. The minimum Gasteiger partial charge on any atom is -0.333 e. The van der Waals surface area contributed by atoms with Crippen LogP contribution in [0.15, 0.2) is 144 Å². The van der Waals surface area contributed by atoms with Crippen molar-refractivity contribution in [3.8, 4) is 12.1 Å². The molecule has 0 bridgehead atoms. The van der Waals surface area contributed by atoms with Gasteiger partial charge in [-0.25, -0.2) is 9.59 Å². The van der Waals surface area contributed by atoms with Crippen molar-refractivity contribution in [1.29, 1.82) is 10.5 Å². The van der Waals surface area contributed by atoms with Crippen molar-refractivity contribution in [3.05, 3.63) is 188 Å². The molecule has 0 unspecified atom stereocenters. The van der Waals surface area contributed by atoms with Crippen molar-refractivity contribution in [2.24, 2.45) is 0 Å². The second-order valence-corrected chi connectivity index (χ2v) is 18.8. The highest BCUT2D eigenvalue weighted by atomic mass is 19.4. The van der Waals surface area contributed by atoms with E-state index < -0.39 is 59.4 Å². The van der Waals surface area contributed by atoms with E-state index in [2.05, 4.69) is 22.8 Å². The van der Waals surface area contributed by atoms with Crippen molar-refractivity contribution < 1.29 is 50.0 Å². The molecular weight excluding hydrogens is 953 g/mol. The maximum absolute atomic E-state index is 14.6. The second-order valence-electron chi connectivity index (χ2n) is 18.8. The van der Waals surface area contributed by atoms with E-state index in [1.54, 1.807) is 58.3 Å². The molecule has 5 aromatic rings. The number of carbonyl (C=O) groups is 4. The number of anilines is 2. The van der Waals surface area contributed by atoms with Gasteiger partial charge < -0.3 is 24.9 Å². The van der Waals surface area contributed by atoms with E-state index in [-0.39, 0.29) is 60.1 Å². The van der Waals surface area contributed by atoms with Gasteiger partial charge in [-0.3, -0.25) is 19.4 Å².